The van der Waals surface area contributed by atoms with Crippen molar-refractivity contribution >= 4 is 11.6 Å². The van der Waals surface area contributed by atoms with Crippen LogP contribution in [0.4, 0.5) is 8.78 Å². The molecule has 106 valence electrons. The third-order valence-corrected chi connectivity index (χ3v) is 3.28. The Morgan fingerprint density at radius 2 is 1.90 bits per heavy atom. The average molecular weight is 299 g/mol. The van der Waals surface area contributed by atoms with Crippen LogP contribution in [0.1, 0.15) is 17.2 Å². The molecule has 0 bridgehead atoms. The van der Waals surface area contributed by atoms with Crippen LogP contribution in [-0.4, -0.2) is 12.2 Å². The molecule has 0 saturated carbocycles. The Balaban J connectivity index is 2.17. The lowest BCUT2D eigenvalue weighted by atomic mass is 10.0. The minimum Gasteiger partial charge on any atom is -0.494 e. The van der Waals surface area contributed by atoms with Crippen LogP contribution in [0.3, 0.4) is 0 Å². The van der Waals surface area contributed by atoms with Gasteiger partial charge in [-0.1, -0.05) is 23.7 Å². The maximum atomic E-state index is 13.6. The number of aliphatic hydroxyl groups excluding tert-OH is 1. The van der Waals surface area contributed by atoms with Gasteiger partial charge in [-0.2, -0.15) is 0 Å². The van der Waals surface area contributed by atoms with Crippen LogP contribution < -0.4 is 4.74 Å². The summed E-state index contributed by atoms with van der Waals surface area (Å²) in [6, 6.07) is 8.51. The smallest absolute Gasteiger partial charge is 0.165 e. The molecular formula is C15H13ClF2O2. The van der Waals surface area contributed by atoms with Crippen molar-refractivity contribution in [1.82, 2.24) is 0 Å². The molecule has 2 aromatic carbocycles. The lowest BCUT2D eigenvalue weighted by Crippen LogP contribution is -2.03. The monoisotopic (exact) mass is 298 g/mol. The molecule has 2 aromatic rings. The Morgan fingerprint density at radius 1 is 1.15 bits per heavy atom. The average Bonchev–Trinajstić information content (AvgIpc) is 2.42. The van der Waals surface area contributed by atoms with Crippen LogP contribution in [0, 0.1) is 11.6 Å². The fourth-order valence-electron chi connectivity index (χ4n) is 1.90. The van der Waals surface area contributed by atoms with Gasteiger partial charge < -0.3 is 9.84 Å². The maximum Gasteiger partial charge on any atom is 0.165 e. The van der Waals surface area contributed by atoms with Crippen LogP contribution in [0.2, 0.25) is 5.02 Å². The van der Waals surface area contributed by atoms with E-state index in [2.05, 4.69) is 0 Å². The van der Waals surface area contributed by atoms with Gasteiger partial charge in [0.05, 0.1) is 18.2 Å². The standard InChI is InChI=1S/C15H13ClF2O2/c1-20-15-5-3-10(8-13(15)18)14(19)7-9-2-4-11(16)12(17)6-9/h2-6,8,14,19H,7H2,1H3. The zero-order chi connectivity index (χ0) is 14.7. The van der Waals surface area contributed by atoms with E-state index in [4.69, 9.17) is 16.3 Å². The van der Waals surface area contributed by atoms with E-state index in [1.165, 1.54) is 31.4 Å². The molecule has 0 aliphatic rings. The molecule has 0 aromatic heterocycles. The van der Waals surface area contributed by atoms with Gasteiger partial charge in [0.15, 0.2) is 11.6 Å². The first-order valence-electron chi connectivity index (χ1n) is 5.96. The third kappa shape index (κ3) is 3.26. The number of methoxy groups -OCH3 is 1. The van der Waals surface area contributed by atoms with Crippen LogP contribution in [-0.2, 0) is 6.42 Å². The molecule has 20 heavy (non-hydrogen) atoms. The van der Waals surface area contributed by atoms with Gasteiger partial charge in [-0.05, 0) is 35.4 Å². The first-order chi connectivity index (χ1) is 9.51. The van der Waals surface area contributed by atoms with E-state index < -0.39 is 17.7 Å². The van der Waals surface area contributed by atoms with E-state index in [1.54, 1.807) is 12.1 Å². The molecule has 5 heteroatoms. The van der Waals surface area contributed by atoms with Crippen molar-refractivity contribution in [3.05, 3.63) is 64.2 Å². The summed E-state index contributed by atoms with van der Waals surface area (Å²) in [5, 5.41) is 10.1. The maximum absolute atomic E-state index is 13.6. The summed E-state index contributed by atoms with van der Waals surface area (Å²) < 4.78 is 31.7. The van der Waals surface area contributed by atoms with Crippen molar-refractivity contribution in [1.29, 1.82) is 0 Å². The minimum absolute atomic E-state index is 0.0266. The van der Waals surface area contributed by atoms with Gasteiger partial charge >= 0.3 is 0 Å². The Labute approximate surface area is 120 Å². The molecular weight excluding hydrogens is 286 g/mol. The van der Waals surface area contributed by atoms with Gasteiger partial charge in [0.1, 0.15) is 5.82 Å². The Kier molecular flexibility index (Phi) is 4.57. The minimum atomic E-state index is -0.934. The molecule has 1 atom stereocenters. The van der Waals surface area contributed by atoms with E-state index in [1.807, 2.05) is 0 Å². The molecule has 1 unspecified atom stereocenters. The second-order valence-electron chi connectivity index (χ2n) is 4.36. The van der Waals surface area contributed by atoms with Crippen molar-refractivity contribution in [3.63, 3.8) is 0 Å². The lowest BCUT2D eigenvalue weighted by Gasteiger charge is -2.12. The quantitative estimate of drug-likeness (QED) is 0.927. The number of aliphatic hydroxyl groups is 1. The number of hydrogen-bond acceptors (Lipinski definition) is 2. The van der Waals surface area contributed by atoms with Crippen LogP contribution in [0.15, 0.2) is 36.4 Å². The Bertz CT molecular complexity index is 617. The highest BCUT2D eigenvalue weighted by atomic mass is 35.5. The Morgan fingerprint density at radius 3 is 2.50 bits per heavy atom. The van der Waals surface area contributed by atoms with E-state index in [0.717, 1.165) is 0 Å². The van der Waals surface area contributed by atoms with Crippen molar-refractivity contribution in [2.45, 2.75) is 12.5 Å². The molecule has 2 nitrogen and oxygen atoms in total. The van der Waals surface area contributed by atoms with Crippen LogP contribution in [0.25, 0.3) is 0 Å². The second kappa shape index (κ2) is 6.20. The number of ether oxygens (including phenoxy) is 1. The predicted octanol–water partition coefficient (Wildman–Crippen LogP) is 3.90. The van der Waals surface area contributed by atoms with Gasteiger partial charge in [-0.3, -0.25) is 0 Å². The largest absolute Gasteiger partial charge is 0.494 e. The molecule has 0 saturated heterocycles. The first-order valence-corrected chi connectivity index (χ1v) is 6.34. The van der Waals surface area contributed by atoms with E-state index in [0.29, 0.717) is 11.1 Å². The molecule has 2 rings (SSSR count). The molecule has 0 aliphatic heterocycles. The topological polar surface area (TPSA) is 29.5 Å². The predicted molar refractivity (Wildman–Crippen MR) is 73.0 cm³/mol. The zero-order valence-corrected chi connectivity index (χ0v) is 11.5. The summed E-state index contributed by atoms with van der Waals surface area (Å²) in [6.07, 6.45) is -0.768. The van der Waals surface area contributed by atoms with Crippen molar-refractivity contribution in [2.75, 3.05) is 7.11 Å². The highest BCUT2D eigenvalue weighted by Crippen LogP contribution is 2.25. The normalized spacial score (nSPS) is 12.2. The van der Waals surface area contributed by atoms with Gasteiger partial charge in [0.2, 0.25) is 0 Å². The van der Waals surface area contributed by atoms with E-state index >= 15 is 0 Å². The van der Waals surface area contributed by atoms with Crippen LogP contribution >= 0.6 is 11.6 Å². The zero-order valence-electron chi connectivity index (χ0n) is 10.7. The van der Waals surface area contributed by atoms with Crippen molar-refractivity contribution in [3.8, 4) is 5.75 Å². The number of hydrogen-bond donors (Lipinski definition) is 1. The van der Waals surface area contributed by atoms with Gasteiger partial charge in [-0.15, -0.1) is 0 Å². The second-order valence-corrected chi connectivity index (χ2v) is 4.77. The van der Waals surface area contributed by atoms with Gasteiger partial charge in [0, 0.05) is 6.42 Å². The number of rotatable bonds is 4. The SMILES string of the molecule is COc1ccc(C(O)Cc2ccc(Cl)c(F)c2)cc1F. The number of halogens is 3. The molecule has 0 amide bonds. The van der Waals surface area contributed by atoms with Crippen molar-refractivity contribution < 1.29 is 18.6 Å². The summed E-state index contributed by atoms with van der Waals surface area (Å²) in [5.41, 5.74) is 0.981. The highest BCUT2D eigenvalue weighted by molar-refractivity contribution is 6.30. The molecule has 0 aliphatic carbocycles. The van der Waals surface area contributed by atoms with Crippen molar-refractivity contribution in [2.24, 2.45) is 0 Å². The van der Waals surface area contributed by atoms with Gasteiger partial charge in [-0.25, -0.2) is 8.78 Å². The van der Waals surface area contributed by atoms with E-state index in [9.17, 15) is 13.9 Å². The van der Waals surface area contributed by atoms with Gasteiger partial charge in [0.25, 0.3) is 0 Å². The Hall–Kier alpha value is -1.65. The summed E-state index contributed by atoms with van der Waals surface area (Å²) in [5.74, 6) is -0.984. The lowest BCUT2D eigenvalue weighted by molar-refractivity contribution is 0.177. The summed E-state index contributed by atoms with van der Waals surface area (Å²) in [6.45, 7) is 0. The van der Waals surface area contributed by atoms with E-state index in [-0.39, 0.29) is 17.2 Å². The summed E-state index contributed by atoms with van der Waals surface area (Å²) >= 11 is 5.59. The fraction of sp³-hybridized carbons (Fsp3) is 0.200. The molecule has 0 fully saturated rings. The third-order valence-electron chi connectivity index (χ3n) is 2.97. The van der Waals surface area contributed by atoms with Crippen LogP contribution in [0.5, 0.6) is 5.75 Å². The fourth-order valence-corrected chi connectivity index (χ4v) is 2.02. The molecule has 1 N–H and O–H groups in total. The summed E-state index contributed by atoms with van der Waals surface area (Å²) in [7, 11) is 1.37. The number of benzene rings is 2. The molecule has 0 spiro atoms. The summed E-state index contributed by atoms with van der Waals surface area (Å²) in [4.78, 5) is 0. The molecule has 0 heterocycles. The first kappa shape index (κ1) is 14.8. The highest BCUT2D eigenvalue weighted by Gasteiger charge is 2.13. The molecule has 0 radical (unpaired) electrons.